The largest absolute Gasteiger partial charge is 0.350 e. The van der Waals surface area contributed by atoms with Gasteiger partial charge in [0.15, 0.2) is 0 Å². The summed E-state index contributed by atoms with van der Waals surface area (Å²) in [5, 5.41) is 4.36. The Labute approximate surface area is 160 Å². The summed E-state index contributed by atoms with van der Waals surface area (Å²) in [6.07, 6.45) is 2.22. The number of nitrogens with one attached hydrogen (secondary N) is 1. The number of carbonyl (C=O) groups is 1. The summed E-state index contributed by atoms with van der Waals surface area (Å²) >= 11 is 0. The van der Waals surface area contributed by atoms with Gasteiger partial charge in [-0.2, -0.15) is 0 Å². The quantitative estimate of drug-likeness (QED) is 0.769. The number of para-hydroxylation sites is 2. The summed E-state index contributed by atoms with van der Waals surface area (Å²) < 4.78 is 2.19. The highest BCUT2D eigenvalue weighted by Crippen LogP contribution is 2.22. The monoisotopic (exact) mass is 362 g/mol. The summed E-state index contributed by atoms with van der Waals surface area (Å²) in [6, 6.07) is 16.4. The van der Waals surface area contributed by atoms with Crippen molar-refractivity contribution in [1.82, 2.24) is 14.4 Å². The zero-order valence-corrected chi connectivity index (χ0v) is 16.0. The van der Waals surface area contributed by atoms with Gasteiger partial charge in [0.25, 0.3) is 0 Å². The fraction of sp³-hybridized carbons (Fsp3) is 0.318. The average molecular weight is 362 g/mol. The SMILES string of the molecule is Cc1ccccc1NC(=O)N1CCN(Cc2cn(C)c3ccccc23)CC1. The number of hydrogen-bond acceptors (Lipinski definition) is 2. The van der Waals surface area contributed by atoms with Crippen LogP contribution in [0.4, 0.5) is 10.5 Å². The van der Waals surface area contributed by atoms with Gasteiger partial charge in [-0.1, -0.05) is 36.4 Å². The molecule has 3 aromatic rings. The van der Waals surface area contributed by atoms with E-state index in [2.05, 4.69) is 52.3 Å². The Morgan fingerprint density at radius 3 is 2.48 bits per heavy atom. The number of aromatic nitrogens is 1. The minimum Gasteiger partial charge on any atom is -0.350 e. The number of rotatable bonds is 3. The Bertz CT molecular complexity index is 954. The molecule has 1 saturated heterocycles. The molecule has 1 aromatic heterocycles. The predicted octanol–water partition coefficient (Wildman–Crippen LogP) is 3.84. The third-order valence-electron chi connectivity index (χ3n) is 5.42. The second kappa shape index (κ2) is 7.45. The molecule has 140 valence electrons. The maximum Gasteiger partial charge on any atom is 0.321 e. The highest BCUT2D eigenvalue weighted by Gasteiger charge is 2.22. The van der Waals surface area contributed by atoms with Crippen molar-refractivity contribution in [2.75, 3.05) is 31.5 Å². The predicted molar refractivity (Wildman–Crippen MR) is 110 cm³/mol. The average Bonchev–Trinajstić information content (AvgIpc) is 3.00. The van der Waals surface area contributed by atoms with E-state index in [1.54, 1.807) is 0 Å². The van der Waals surface area contributed by atoms with Crippen LogP contribution in [0.5, 0.6) is 0 Å². The fourth-order valence-electron chi connectivity index (χ4n) is 3.81. The van der Waals surface area contributed by atoms with E-state index in [1.165, 1.54) is 16.5 Å². The molecule has 0 spiro atoms. The number of urea groups is 1. The lowest BCUT2D eigenvalue weighted by molar-refractivity contribution is 0.143. The first-order valence-electron chi connectivity index (χ1n) is 9.48. The topological polar surface area (TPSA) is 40.5 Å². The zero-order chi connectivity index (χ0) is 18.8. The van der Waals surface area contributed by atoms with Crippen molar-refractivity contribution in [3.63, 3.8) is 0 Å². The summed E-state index contributed by atoms with van der Waals surface area (Å²) in [5.41, 5.74) is 4.59. The molecule has 1 fully saturated rings. The maximum atomic E-state index is 12.6. The third kappa shape index (κ3) is 3.69. The molecule has 2 heterocycles. The van der Waals surface area contributed by atoms with Crippen molar-refractivity contribution in [1.29, 1.82) is 0 Å². The standard InChI is InChI=1S/C22H26N4O/c1-17-7-3-5-9-20(17)23-22(27)26-13-11-25(12-14-26)16-18-15-24(2)21-10-6-4-8-19(18)21/h3-10,15H,11-14,16H2,1-2H3,(H,23,27). The molecule has 1 aliphatic heterocycles. The Morgan fingerprint density at radius 2 is 1.70 bits per heavy atom. The van der Waals surface area contributed by atoms with Gasteiger partial charge in [0, 0.05) is 62.6 Å². The number of piperazine rings is 1. The first-order chi connectivity index (χ1) is 13.1. The summed E-state index contributed by atoms with van der Waals surface area (Å²) in [7, 11) is 2.10. The lowest BCUT2D eigenvalue weighted by Crippen LogP contribution is -2.49. The number of amides is 2. The van der Waals surface area contributed by atoms with Crippen molar-refractivity contribution >= 4 is 22.6 Å². The van der Waals surface area contributed by atoms with Crippen molar-refractivity contribution in [3.05, 3.63) is 65.9 Å². The van der Waals surface area contributed by atoms with E-state index in [9.17, 15) is 4.79 Å². The molecular formula is C22H26N4O. The van der Waals surface area contributed by atoms with Crippen molar-refractivity contribution in [2.45, 2.75) is 13.5 Å². The van der Waals surface area contributed by atoms with E-state index < -0.39 is 0 Å². The number of nitrogens with zero attached hydrogens (tertiary/aromatic N) is 3. The van der Waals surface area contributed by atoms with E-state index in [4.69, 9.17) is 0 Å². The molecule has 0 aliphatic carbocycles. The van der Waals surface area contributed by atoms with Crippen LogP contribution in [0.25, 0.3) is 10.9 Å². The molecule has 0 bridgehead atoms. The lowest BCUT2D eigenvalue weighted by atomic mass is 10.1. The molecule has 2 aromatic carbocycles. The van der Waals surface area contributed by atoms with Gasteiger partial charge in [-0.15, -0.1) is 0 Å². The number of anilines is 1. The van der Waals surface area contributed by atoms with Gasteiger partial charge in [0.2, 0.25) is 0 Å². The van der Waals surface area contributed by atoms with E-state index in [-0.39, 0.29) is 6.03 Å². The van der Waals surface area contributed by atoms with Gasteiger partial charge in [-0.25, -0.2) is 4.79 Å². The molecular weight excluding hydrogens is 336 g/mol. The Morgan fingerprint density at radius 1 is 1.00 bits per heavy atom. The van der Waals surface area contributed by atoms with Crippen LogP contribution in [0.15, 0.2) is 54.7 Å². The van der Waals surface area contributed by atoms with Crippen LogP contribution in [-0.4, -0.2) is 46.6 Å². The number of aryl methyl sites for hydroxylation is 2. The molecule has 0 radical (unpaired) electrons. The molecule has 2 amide bonds. The Kier molecular flexibility index (Phi) is 4.86. The molecule has 27 heavy (non-hydrogen) atoms. The van der Waals surface area contributed by atoms with Crippen LogP contribution in [0.1, 0.15) is 11.1 Å². The highest BCUT2D eigenvalue weighted by atomic mass is 16.2. The zero-order valence-electron chi connectivity index (χ0n) is 16.0. The van der Waals surface area contributed by atoms with Crippen LogP contribution in [-0.2, 0) is 13.6 Å². The van der Waals surface area contributed by atoms with Crippen LogP contribution in [0.2, 0.25) is 0 Å². The van der Waals surface area contributed by atoms with Gasteiger partial charge in [-0.05, 0) is 30.2 Å². The number of hydrogen-bond donors (Lipinski definition) is 1. The number of benzene rings is 2. The molecule has 5 nitrogen and oxygen atoms in total. The Hall–Kier alpha value is -2.79. The van der Waals surface area contributed by atoms with Gasteiger partial charge < -0.3 is 14.8 Å². The normalized spacial score (nSPS) is 15.3. The van der Waals surface area contributed by atoms with Gasteiger partial charge >= 0.3 is 6.03 Å². The molecule has 4 rings (SSSR count). The van der Waals surface area contributed by atoms with E-state index >= 15 is 0 Å². The van der Waals surface area contributed by atoms with Crippen LogP contribution < -0.4 is 5.32 Å². The van der Waals surface area contributed by atoms with E-state index in [1.807, 2.05) is 36.1 Å². The van der Waals surface area contributed by atoms with Gasteiger partial charge in [-0.3, -0.25) is 4.90 Å². The molecule has 1 aliphatic rings. The minimum atomic E-state index is -0.00545. The minimum absolute atomic E-state index is 0.00545. The molecule has 5 heteroatoms. The van der Waals surface area contributed by atoms with Crippen molar-refractivity contribution in [3.8, 4) is 0 Å². The van der Waals surface area contributed by atoms with Crippen molar-refractivity contribution in [2.24, 2.45) is 7.05 Å². The Balaban J connectivity index is 1.36. The van der Waals surface area contributed by atoms with E-state index in [0.29, 0.717) is 0 Å². The van der Waals surface area contributed by atoms with Gasteiger partial charge in [0.1, 0.15) is 0 Å². The highest BCUT2D eigenvalue weighted by molar-refractivity contribution is 5.90. The lowest BCUT2D eigenvalue weighted by Gasteiger charge is -2.34. The van der Waals surface area contributed by atoms with Crippen LogP contribution in [0.3, 0.4) is 0 Å². The summed E-state index contributed by atoms with van der Waals surface area (Å²) in [4.78, 5) is 16.9. The van der Waals surface area contributed by atoms with Crippen LogP contribution >= 0.6 is 0 Å². The van der Waals surface area contributed by atoms with Gasteiger partial charge in [0.05, 0.1) is 0 Å². The second-order valence-corrected chi connectivity index (χ2v) is 7.29. The molecule has 0 atom stereocenters. The van der Waals surface area contributed by atoms with Crippen LogP contribution in [0, 0.1) is 6.92 Å². The summed E-state index contributed by atoms with van der Waals surface area (Å²) in [6.45, 7) is 6.23. The second-order valence-electron chi connectivity index (χ2n) is 7.29. The molecule has 0 saturated carbocycles. The first-order valence-corrected chi connectivity index (χ1v) is 9.48. The molecule has 0 unspecified atom stereocenters. The third-order valence-corrected chi connectivity index (χ3v) is 5.42. The fourth-order valence-corrected chi connectivity index (χ4v) is 3.81. The maximum absolute atomic E-state index is 12.6. The molecule has 1 N–H and O–H groups in total. The number of carbonyl (C=O) groups excluding carboxylic acids is 1. The number of fused-ring (bicyclic) bond motifs is 1. The first kappa shape index (κ1) is 17.6. The van der Waals surface area contributed by atoms with Crippen molar-refractivity contribution < 1.29 is 4.79 Å². The smallest absolute Gasteiger partial charge is 0.321 e. The summed E-state index contributed by atoms with van der Waals surface area (Å²) in [5.74, 6) is 0. The van der Waals surface area contributed by atoms with E-state index in [0.717, 1.165) is 44.0 Å².